The van der Waals surface area contributed by atoms with Crippen molar-refractivity contribution >= 4 is 11.9 Å². The zero-order chi connectivity index (χ0) is 46.1. The average molecular weight is 905 g/mol. The summed E-state index contributed by atoms with van der Waals surface area (Å²) in [6.45, 7) is 2.56. The van der Waals surface area contributed by atoms with Crippen LogP contribution in [0.15, 0.2) is 12.2 Å². The van der Waals surface area contributed by atoms with E-state index in [9.17, 15) is 45.3 Å². The number of carbonyl (C=O) groups is 2. The number of ether oxygens (including phenoxy) is 6. The Morgan fingerprint density at radius 1 is 0.492 bits per heavy atom. The first-order valence-electron chi connectivity index (χ1n) is 24.8. The molecule has 63 heavy (non-hydrogen) atoms. The summed E-state index contributed by atoms with van der Waals surface area (Å²) in [6, 6.07) is 0. The monoisotopic (exact) mass is 905 g/mol. The van der Waals surface area contributed by atoms with Gasteiger partial charge in [0.1, 0.15) is 55.4 Å². The highest BCUT2D eigenvalue weighted by Gasteiger charge is 2.47. The molecule has 0 radical (unpaired) electrons. The SMILES string of the molecule is CCCC/C=C/CCCCCCCCCCCC(=O)O[C@H](COC(=O)CCCCCCCCCCCCCC)CO[C@@H]1O[C@H](CO[C@@H]2O[C@H](CO)[C@H](O)C(O)C2O)[C@H](O)C(O)C1O. The molecule has 7 N–H and O–H groups in total. The van der Waals surface area contributed by atoms with E-state index in [4.69, 9.17) is 28.4 Å². The first-order valence-corrected chi connectivity index (χ1v) is 24.8. The van der Waals surface area contributed by atoms with Crippen molar-refractivity contribution in [1.29, 1.82) is 0 Å². The Hall–Kier alpha value is -1.76. The van der Waals surface area contributed by atoms with Crippen LogP contribution in [0, 0.1) is 0 Å². The Morgan fingerprint density at radius 2 is 0.921 bits per heavy atom. The van der Waals surface area contributed by atoms with E-state index in [2.05, 4.69) is 26.0 Å². The van der Waals surface area contributed by atoms with Gasteiger partial charge in [-0.3, -0.25) is 9.59 Å². The minimum atomic E-state index is -1.76. The van der Waals surface area contributed by atoms with Gasteiger partial charge in [0.25, 0.3) is 0 Å². The van der Waals surface area contributed by atoms with Gasteiger partial charge in [-0.15, -0.1) is 0 Å². The van der Waals surface area contributed by atoms with Crippen molar-refractivity contribution < 1.29 is 73.8 Å². The van der Waals surface area contributed by atoms with Crippen molar-refractivity contribution in [2.24, 2.45) is 0 Å². The molecule has 0 saturated carbocycles. The lowest BCUT2D eigenvalue weighted by atomic mass is 9.98. The highest BCUT2D eigenvalue weighted by molar-refractivity contribution is 5.70. The highest BCUT2D eigenvalue weighted by atomic mass is 16.7. The Labute approximate surface area is 378 Å². The fourth-order valence-electron chi connectivity index (χ4n) is 7.84. The molecule has 0 aromatic rings. The van der Waals surface area contributed by atoms with Crippen LogP contribution >= 0.6 is 0 Å². The lowest BCUT2D eigenvalue weighted by molar-refractivity contribution is -0.332. The summed E-state index contributed by atoms with van der Waals surface area (Å²) >= 11 is 0. The molecule has 15 nitrogen and oxygen atoms in total. The maximum Gasteiger partial charge on any atom is 0.306 e. The normalized spacial score (nSPS) is 26.9. The molecule has 0 aromatic heterocycles. The van der Waals surface area contributed by atoms with Gasteiger partial charge in [-0.1, -0.05) is 154 Å². The van der Waals surface area contributed by atoms with E-state index < -0.39 is 92.7 Å². The molecule has 2 fully saturated rings. The van der Waals surface area contributed by atoms with Crippen LogP contribution in [-0.2, 0) is 38.0 Å². The van der Waals surface area contributed by atoms with Crippen LogP contribution < -0.4 is 0 Å². The molecule has 2 heterocycles. The molecule has 2 aliphatic rings. The summed E-state index contributed by atoms with van der Waals surface area (Å²) in [6.07, 6.45) is 16.7. The first kappa shape index (κ1) is 57.4. The Morgan fingerprint density at radius 3 is 1.44 bits per heavy atom. The molecular weight excluding hydrogens is 817 g/mol. The Balaban J connectivity index is 1.82. The van der Waals surface area contributed by atoms with Crippen LogP contribution in [-0.4, -0.2) is 142 Å². The summed E-state index contributed by atoms with van der Waals surface area (Å²) in [5, 5.41) is 72.0. The quantitative estimate of drug-likeness (QED) is 0.0208. The van der Waals surface area contributed by atoms with E-state index in [0.717, 1.165) is 44.9 Å². The fraction of sp³-hybridized carbons (Fsp3) is 0.917. The lowest BCUT2D eigenvalue weighted by Gasteiger charge is -2.42. The predicted octanol–water partition coefficient (Wildman–Crippen LogP) is 6.21. The molecule has 2 saturated heterocycles. The zero-order valence-corrected chi connectivity index (χ0v) is 38.8. The number of rotatable bonds is 38. The summed E-state index contributed by atoms with van der Waals surface area (Å²) in [5.74, 6) is -0.920. The van der Waals surface area contributed by atoms with Gasteiger partial charge in [-0.05, 0) is 32.1 Å². The van der Waals surface area contributed by atoms with Gasteiger partial charge in [0, 0.05) is 12.8 Å². The van der Waals surface area contributed by atoms with E-state index in [1.165, 1.54) is 103 Å². The number of allylic oxidation sites excluding steroid dienone is 2. The van der Waals surface area contributed by atoms with Crippen LogP contribution in [0.2, 0.25) is 0 Å². The van der Waals surface area contributed by atoms with Crippen molar-refractivity contribution in [2.75, 3.05) is 26.4 Å². The highest BCUT2D eigenvalue weighted by Crippen LogP contribution is 2.26. The van der Waals surface area contributed by atoms with Gasteiger partial charge in [-0.2, -0.15) is 0 Å². The van der Waals surface area contributed by atoms with Crippen LogP contribution in [0.3, 0.4) is 0 Å². The van der Waals surface area contributed by atoms with E-state index in [1.807, 2.05) is 0 Å². The van der Waals surface area contributed by atoms with Crippen LogP contribution in [0.5, 0.6) is 0 Å². The first-order chi connectivity index (χ1) is 30.5. The standard InChI is InChI=1S/C48H88O15/c1-3-5-7-9-11-13-15-17-18-19-21-23-25-27-29-31-40(51)61-36(33-58-39(50)30-28-26-24-22-20-16-14-12-10-8-6-4-2)34-59-47-46(57)44(55)42(53)38(63-47)35-60-48-45(56)43(54)41(52)37(32-49)62-48/h9,11,36-38,41-49,52-57H,3-8,10,12-35H2,1-2H3/b11-9+/t36-,37-,38-,41+,42+,43?,44?,45?,46?,47-,48-/m1/s1. The van der Waals surface area contributed by atoms with Gasteiger partial charge < -0.3 is 64.2 Å². The molecule has 0 bridgehead atoms. The number of hydrogen-bond donors (Lipinski definition) is 7. The van der Waals surface area contributed by atoms with Gasteiger partial charge >= 0.3 is 11.9 Å². The molecule has 0 aromatic carbocycles. The number of carbonyl (C=O) groups excluding carboxylic acids is 2. The van der Waals surface area contributed by atoms with Crippen LogP contribution in [0.1, 0.15) is 187 Å². The lowest BCUT2D eigenvalue weighted by Crippen LogP contribution is -2.61. The molecule has 0 aliphatic carbocycles. The second-order valence-corrected chi connectivity index (χ2v) is 17.6. The summed E-state index contributed by atoms with van der Waals surface area (Å²) in [4.78, 5) is 25.7. The molecule has 15 heteroatoms. The Bertz CT molecular complexity index is 1160. The number of esters is 2. The van der Waals surface area contributed by atoms with Crippen molar-refractivity contribution in [3.63, 3.8) is 0 Å². The number of hydrogen-bond acceptors (Lipinski definition) is 15. The molecule has 0 amide bonds. The van der Waals surface area contributed by atoms with Crippen molar-refractivity contribution in [1.82, 2.24) is 0 Å². The van der Waals surface area contributed by atoms with Crippen molar-refractivity contribution in [2.45, 2.75) is 255 Å². The van der Waals surface area contributed by atoms with Gasteiger partial charge in [0.15, 0.2) is 18.7 Å². The third-order valence-electron chi connectivity index (χ3n) is 12.0. The van der Waals surface area contributed by atoms with Gasteiger partial charge in [0.2, 0.25) is 0 Å². The topological polar surface area (TPSA) is 231 Å². The van der Waals surface area contributed by atoms with E-state index in [-0.39, 0.29) is 26.1 Å². The van der Waals surface area contributed by atoms with Crippen molar-refractivity contribution in [3.05, 3.63) is 12.2 Å². The second-order valence-electron chi connectivity index (χ2n) is 17.6. The molecule has 11 atom stereocenters. The van der Waals surface area contributed by atoms with Crippen LogP contribution in [0.4, 0.5) is 0 Å². The number of unbranched alkanes of at least 4 members (excludes halogenated alkanes) is 22. The zero-order valence-electron chi connectivity index (χ0n) is 38.8. The van der Waals surface area contributed by atoms with Crippen LogP contribution in [0.25, 0.3) is 0 Å². The van der Waals surface area contributed by atoms with Gasteiger partial charge in [0.05, 0.1) is 19.8 Å². The minimum Gasteiger partial charge on any atom is -0.462 e. The predicted molar refractivity (Wildman–Crippen MR) is 238 cm³/mol. The second kappa shape index (κ2) is 36.4. The molecular formula is C48H88O15. The molecule has 370 valence electrons. The van der Waals surface area contributed by atoms with E-state index >= 15 is 0 Å². The Kier molecular flexibility index (Phi) is 33.1. The smallest absolute Gasteiger partial charge is 0.306 e. The number of aliphatic hydroxyl groups excluding tert-OH is 7. The third-order valence-corrected chi connectivity index (χ3v) is 12.0. The minimum absolute atomic E-state index is 0.167. The third kappa shape index (κ3) is 25.1. The van der Waals surface area contributed by atoms with Gasteiger partial charge in [-0.25, -0.2) is 0 Å². The summed E-state index contributed by atoms with van der Waals surface area (Å²) in [7, 11) is 0. The van der Waals surface area contributed by atoms with E-state index in [1.54, 1.807) is 0 Å². The largest absolute Gasteiger partial charge is 0.462 e. The van der Waals surface area contributed by atoms with Crippen molar-refractivity contribution in [3.8, 4) is 0 Å². The maximum atomic E-state index is 13.0. The molecule has 2 aliphatic heterocycles. The molecule has 4 unspecified atom stereocenters. The molecule has 0 spiro atoms. The summed E-state index contributed by atoms with van der Waals surface area (Å²) in [5.41, 5.74) is 0. The number of aliphatic hydroxyl groups is 7. The maximum absolute atomic E-state index is 13.0. The molecule has 2 rings (SSSR count). The summed E-state index contributed by atoms with van der Waals surface area (Å²) < 4.78 is 33.5. The average Bonchev–Trinajstić information content (AvgIpc) is 3.28. The van der Waals surface area contributed by atoms with E-state index in [0.29, 0.717) is 12.8 Å². The fourth-order valence-corrected chi connectivity index (χ4v) is 7.84.